The third kappa shape index (κ3) is 1.76. The summed E-state index contributed by atoms with van der Waals surface area (Å²) in [4.78, 5) is 11.0. The van der Waals surface area contributed by atoms with E-state index in [1.165, 1.54) is 12.8 Å². The molecule has 2 heterocycles. The van der Waals surface area contributed by atoms with Crippen molar-refractivity contribution in [2.24, 2.45) is 10.8 Å². The molecule has 6 heteroatoms. The Morgan fingerprint density at radius 3 is 3.12 bits per heavy atom. The van der Waals surface area contributed by atoms with Crippen LogP contribution in [0.3, 0.4) is 0 Å². The Kier molecular flexibility index (Phi) is 2.28. The second kappa shape index (κ2) is 3.79. The number of fused-ring (bicyclic) bond motifs is 1. The minimum atomic E-state index is 0.479. The number of guanidine groups is 1. The number of nitrogens with two attached hydrogens (primary N) is 1. The first-order valence-corrected chi connectivity index (χ1v) is 5.66. The van der Waals surface area contributed by atoms with Gasteiger partial charge < -0.3 is 9.47 Å². The van der Waals surface area contributed by atoms with Crippen LogP contribution in [0.1, 0.15) is 18.7 Å². The molecule has 0 bridgehead atoms. The summed E-state index contributed by atoms with van der Waals surface area (Å²) >= 11 is 0. The maximum absolute atomic E-state index is 5.53. The van der Waals surface area contributed by atoms with Crippen molar-refractivity contribution in [3.63, 3.8) is 0 Å². The Bertz CT molecular complexity index is 405. The zero-order valence-corrected chi connectivity index (χ0v) is 9.13. The monoisotopic (exact) mass is 220 g/mol. The van der Waals surface area contributed by atoms with Crippen LogP contribution < -0.4 is 11.3 Å². The Hall–Kier alpha value is -1.56. The molecule has 1 aromatic rings. The molecule has 0 amide bonds. The second-order valence-corrected chi connectivity index (χ2v) is 4.29. The van der Waals surface area contributed by atoms with Crippen molar-refractivity contribution >= 4 is 5.96 Å². The Balaban J connectivity index is 1.76. The van der Waals surface area contributed by atoms with Crippen molar-refractivity contribution < 1.29 is 0 Å². The van der Waals surface area contributed by atoms with Crippen LogP contribution in [-0.4, -0.2) is 33.0 Å². The normalized spacial score (nSPS) is 20.8. The van der Waals surface area contributed by atoms with Gasteiger partial charge in [0.25, 0.3) is 0 Å². The first kappa shape index (κ1) is 9.65. The molecule has 1 aliphatic carbocycles. The second-order valence-electron chi connectivity index (χ2n) is 4.29. The van der Waals surface area contributed by atoms with Gasteiger partial charge in [-0.05, 0) is 12.8 Å². The highest BCUT2D eigenvalue weighted by molar-refractivity contribution is 5.79. The molecule has 16 heavy (non-hydrogen) atoms. The molecule has 3 N–H and O–H groups in total. The van der Waals surface area contributed by atoms with Gasteiger partial charge in [-0.1, -0.05) is 0 Å². The number of nitrogens with one attached hydrogen (secondary N) is 1. The Labute approximate surface area is 94.1 Å². The van der Waals surface area contributed by atoms with Crippen LogP contribution in [0.15, 0.2) is 17.4 Å². The van der Waals surface area contributed by atoms with Gasteiger partial charge in [0.15, 0.2) is 0 Å². The molecule has 0 radical (unpaired) electrons. The van der Waals surface area contributed by atoms with Crippen molar-refractivity contribution in [2.75, 3.05) is 6.54 Å². The van der Waals surface area contributed by atoms with Gasteiger partial charge in [-0.3, -0.25) is 5.43 Å². The van der Waals surface area contributed by atoms with E-state index in [1.807, 2.05) is 12.4 Å². The third-order valence-electron chi connectivity index (χ3n) is 3.03. The van der Waals surface area contributed by atoms with E-state index in [4.69, 9.17) is 5.84 Å². The van der Waals surface area contributed by atoms with Crippen molar-refractivity contribution in [3.8, 4) is 0 Å². The van der Waals surface area contributed by atoms with E-state index in [2.05, 4.69) is 24.9 Å². The number of hydrogen-bond donors (Lipinski definition) is 2. The molecule has 6 nitrogen and oxygen atoms in total. The number of imidazole rings is 1. The predicted octanol–water partition coefficient (Wildman–Crippen LogP) is -0.320. The standard InChI is InChI=1S/C10H16N6/c11-14-10(13-8-1-2-8)16-6-5-15-4-3-12-9(15)7-16/h3-4,8H,1-2,5-7,11H2,(H,13,14). The fourth-order valence-corrected chi connectivity index (χ4v) is 1.94. The van der Waals surface area contributed by atoms with Gasteiger partial charge in [0.2, 0.25) is 5.96 Å². The van der Waals surface area contributed by atoms with E-state index < -0.39 is 0 Å². The maximum atomic E-state index is 5.53. The van der Waals surface area contributed by atoms with Crippen LogP contribution in [0.2, 0.25) is 0 Å². The lowest BCUT2D eigenvalue weighted by Crippen LogP contribution is -2.48. The molecule has 0 aromatic carbocycles. The van der Waals surface area contributed by atoms with Gasteiger partial charge in [0.05, 0.1) is 12.6 Å². The summed E-state index contributed by atoms with van der Waals surface area (Å²) in [5, 5.41) is 0. The van der Waals surface area contributed by atoms with Crippen molar-refractivity contribution in [1.29, 1.82) is 0 Å². The molecular formula is C10H16N6. The fraction of sp³-hybridized carbons (Fsp3) is 0.600. The van der Waals surface area contributed by atoms with E-state index >= 15 is 0 Å². The summed E-state index contributed by atoms with van der Waals surface area (Å²) in [5.74, 6) is 7.40. The molecule has 2 aliphatic rings. The summed E-state index contributed by atoms with van der Waals surface area (Å²) in [6.45, 7) is 2.66. The molecule has 0 saturated heterocycles. The molecule has 0 unspecified atom stereocenters. The number of rotatable bonds is 1. The average molecular weight is 220 g/mol. The minimum absolute atomic E-state index is 0.479. The van der Waals surface area contributed by atoms with Crippen LogP contribution in [0.5, 0.6) is 0 Å². The lowest BCUT2D eigenvalue weighted by Gasteiger charge is -2.29. The highest BCUT2D eigenvalue weighted by atomic mass is 15.4. The van der Waals surface area contributed by atoms with Gasteiger partial charge in [0.1, 0.15) is 5.82 Å². The summed E-state index contributed by atoms with van der Waals surface area (Å²) < 4.78 is 2.17. The summed E-state index contributed by atoms with van der Waals surface area (Å²) in [6.07, 6.45) is 6.23. The van der Waals surface area contributed by atoms with E-state index in [-0.39, 0.29) is 0 Å². The highest BCUT2D eigenvalue weighted by Crippen LogP contribution is 2.24. The van der Waals surface area contributed by atoms with Gasteiger partial charge in [-0.2, -0.15) is 0 Å². The van der Waals surface area contributed by atoms with Crippen LogP contribution >= 0.6 is 0 Å². The predicted molar refractivity (Wildman–Crippen MR) is 60.4 cm³/mol. The summed E-state index contributed by atoms with van der Waals surface area (Å²) in [6, 6.07) is 0.479. The molecule has 1 aromatic heterocycles. The number of hydrogen-bond acceptors (Lipinski definition) is 3. The van der Waals surface area contributed by atoms with E-state index in [0.717, 1.165) is 31.4 Å². The molecule has 0 spiro atoms. The quantitative estimate of drug-likeness (QED) is 0.294. The van der Waals surface area contributed by atoms with E-state index in [1.54, 1.807) is 0 Å². The van der Waals surface area contributed by atoms with E-state index in [0.29, 0.717) is 6.04 Å². The minimum Gasteiger partial charge on any atom is -0.333 e. The fourth-order valence-electron chi connectivity index (χ4n) is 1.94. The lowest BCUT2D eigenvalue weighted by atomic mass is 10.4. The molecule has 1 saturated carbocycles. The Morgan fingerprint density at radius 2 is 2.38 bits per heavy atom. The van der Waals surface area contributed by atoms with Crippen LogP contribution in [0.25, 0.3) is 0 Å². The molecule has 3 rings (SSSR count). The molecule has 1 fully saturated rings. The SMILES string of the molecule is NNC(=NC1CC1)N1CCn2ccnc2C1. The smallest absolute Gasteiger partial charge is 0.209 e. The van der Waals surface area contributed by atoms with Gasteiger partial charge >= 0.3 is 0 Å². The Morgan fingerprint density at radius 1 is 1.50 bits per heavy atom. The zero-order chi connectivity index (χ0) is 11.0. The maximum Gasteiger partial charge on any atom is 0.209 e. The summed E-state index contributed by atoms with van der Waals surface area (Å²) in [7, 11) is 0. The van der Waals surface area contributed by atoms with Crippen LogP contribution in [0.4, 0.5) is 0 Å². The zero-order valence-electron chi connectivity index (χ0n) is 9.13. The third-order valence-corrected chi connectivity index (χ3v) is 3.03. The van der Waals surface area contributed by atoms with Crippen LogP contribution in [0, 0.1) is 0 Å². The molecule has 86 valence electrons. The number of nitrogens with zero attached hydrogens (tertiary/aromatic N) is 4. The molecule has 1 aliphatic heterocycles. The number of aromatic nitrogens is 2. The van der Waals surface area contributed by atoms with Crippen molar-refractivity contribution in [1.82, 2.24) is 19.9 Å². The van der Waals surface area contributed by atoms with Gasteiger partial charge in [-0.25, -0.2) is 15.8 Å². The number of aliphatic imine (C=N–C) groups is 1. The molecule has 0 atom stereocenters. The molecular weight excluding hydrogens is 204 g/mol. The lowest BCUT2D eigenvalue weighted by molar-refractivity contribution is 0.319. The number of hydrazine groups is 1. The van der Waals surface area contributed by atoms with Crippen LogP contribution in [-0.2, 0) is 13.1 Å². The first-order valence-electron chi connectivity index (χ1n) is 5.66. The van der Waals surface area contributed by atoms with Crippen molar-refractivity contribution in [2.45, 2.75) is 32.0 Å². The van der Waals surface area contributed by atoms with Gasteiger partial charge in [0, 0.05) is 25.5 Å². The average Bonchev–Trinajstić information content (AvgIpc) is 3.01. The van der Waals surface area contributed by atoms with Gasteiger partial charge in [-0.15, -0.1) is 0 Å². The first-order chi connectivity index (χ1) is 7.86. The summed E-state index contributed by atoms with van der Waals surface area (Å²) in [5.41, 5.74) is 2.70. The van der Waals surface area contributed by atoms with E-state index in [9.17, 15) is 0 Å². The largest absolute Gasteiger partial charge is 0.333 e. The topological polar surface area (TPSA) is 71.5 Å². The highest BCUT2D eigenvalue weighted by Gasteiger charge is 2.24. The van der Waals surface area contributed by atoms with Crippen molar-refractivity contribution in [3.05, 3.63) is 18.2 Å².